The quantitative estimate of drug-likeness (QED) is 0.159. The molecule has 0 spiro atoms. The maximum atomic E-state index is 7.69. The second kappa shape index (κ2) is 15.5. The van der Waals surface area contributed by atoms with E-state index in [0.29, 0.717) is 6.42 Å². The summed E-state index contributed by atoms with van der Waals surface area (Å²) in [6.07, 6.45) is 14.0. The van der Waals surface area contributed by atoms with E-state index in [1.54, 1.807) is 24.5 Å². The molecule has 0 bridgehead atoms. The Hall–Kier alpha value is -3.44. The lowest BCUT2D eigenvalue weighted by Crippen LogP contribution is -2.35. The fraction of sp³-hybridized carbons (Fsp3) is 0.310. The second-order valence-corrected chi connectivity index (χ2v) is 9.22. The third-order valence-corrected chi connectivity index (χ3v) is 6.38. The number of thiophene rings is 1. The van der Waals surface area contributed by atoms with Crippen molar-refractivity contribution in [1.29, 1.82) is 5.41 Å². The Morgan fingerprint density at radius 3 is 2.89 bits per heavy atom. The highest BCUT2D eigenvalue weighted by Crippen LogP contribution is 2.23. The lowest BCUT2D eigenvalue weighted by molar-refractivity contribution is 0.0346. The summed E-state index contributed by atoms with van der Waals surface area (Å²) in [5.41, 5.74) is 4.28. The van der Waals surface area contributed by atoms with E-state index >= 15 is 0 Å². The maximum absolute atomic E-state index is 7.69. The van der Waals surface area contributed by atoms with Crippen LogP contribution in [0.2, 0.25) is 0 Å². The van der Waals surface area contributed by atoms with Crippen molar-refractivity contribution in [3.8, 4) is 12.0 Å². The van der Waals surface area contributed by atoms with Crippen molar-refractivity contribution in [3.05, 3.63) is 82.8 Å². The predicted octanol–water partition coefficient (Wildman–Crippen LogP) is 6.10. The van der Waals surface area contributed by atoms with Gasteiger partial charge in [0.15, 0.2) is 5.90 Å². The number of nitrogens with zero attached hydrogens (tertiary/aromatic N) is 2. The number of rotatable bonds is 12. The van der Waals surface area contributed by atoms with Crippen LogP contribution in [0.3, 0.4) is 0 Å². The van der Waals surface area contributed by atoms with Gasteiger partial charge in [-0.15, -0.1) is 11.3 Å². The molecular weight excluding hydrogens is 468 g/mol. The summed E-state index contributed by atoms with van der Waals surface area (Å²) in [6, 6.07) is 10.4. The van der Waals surface area contributed by atoms with Crippen LogP contribution >= 0.6 is 11.3 Å². The molecule has 0 radical (unpaired) electrons. The third-order valence-electron chi connectivity index (χ3n) is 5.46. The highest BCUT2D eigenvalue weighted by molar-refractivity contribution is 7.10. The Morgan fingerprint density at radius 1 is 1.31 bits per heavy atom. The molecule has 1 aromatic carbocycles. The Bertz CT molecular complexity index is 1130. The Morgan fingerprint density at radius 2 is 2.11 bits per heavy atom. The molecule has 1 saturated heterocycles. The molecule has 0 saturated carbocycles. The zero-order valence-corrected chi connectivity index (χ0v) is 21.7. The van der Waals surface area contributed by atoms with Crippen molar-refractivity contribution in [2.24, 2.45) is 4.99 Å². The number of anilines is 1. The van der Waals surface area contributed by atoms with Crippen molar-refractivity contribution < 1.29 is 9.47 Å². The van der Waals surface area contributed by atoms with Gasteiger partial charge in [0, 0.05) is 62.4 Å². The molecule has 0 atom stereocenters. The summed E-state index contributed by atoms with van der Waals surface area (Å²) in [5.74, 6) is 2.81. The summed E-state index contributed by atoms with van der Waals surface area (Å²) in [5, 5.41) is 13.1. The fourth-order valence-electron chi connectivity index (χ4n) is 3.44. The molecule has 6 nitrogen and oxygen atoms in total. The van der Waals surface area contributed by atoms with E-state index in [1.807, 2.05) is 48.8 Å². The highest BCUT2D eigenvalue weighted by atomic mass is 32.1. The number of nitrogens with one attached hydrogen (secondary N) is 2. The molecule has 2 N–H and O–H groups in total. The molecule has 7 heteroatoms. The van der Waals surface area contributed by atoms with E-state index < -0.39 is 0 Å². The van der Waals surface area contributed by atoms with Gasteiger partial charge >= 0.3 is 0 Å². The highest BCUT2D eigenvalue weighted by Gasteiger charge is 2.12. The van der Waals surface area contributed by atoms with Crippen molar-refractivity contribution in [2.45, 2.75) is 32.7 Å². The van der Waals surface area contributed by atoms with E-state index in [2.05, 4.69) is 45.3 Å². The number of hydrogen-bond acceptors (Lipinski definition) is 7. The molecule has 1 aromatic heterocycles. The Kier molecular flexibility index (Phi) is 11.7. The van der Waals surface area contributed by atoms with Gasteiger partial charge in [-0.25, -0.2) is 0 Å². The van der Waals surface area contributed by atoms with Gasteiger partial charge in [-0.3, -0.25) is 15.3 Å². The molecule has 2 heterocycles. The number of allylic oxidation sites excluding steroid dienone is 3. The van der Waals surface area contributed by atoms with Crippen LogP contribution in [0.1, 0.15) is 35.8 Å². The number of hydrogen-bond donors (Lipinski definition) is 2. The largest absolute Gasteiger partial charge is 0.393 e. The van der Waals surface area contributed by atoms with Crippen LogP contribution in [0.15, 0.2) is 71.8 Å². The molecule has 1 fully saturated rings. The van der Waals surface area contributed by atoms with Crippen LogP contribution in [0.4, 0.5) is 5.69 Å². The first-order valence-corrected chi connectivity index (χ1v) is 12.9. The average Bonchev–Trinajstić information content (AvgIpc) is 3.37. The van der Waals surface area contributed by atoms with E-state index in [-0.39, 0.29) is 5.90 Å². The third kappa shape index (κ3) is 10.0. The summed E-state index contributed by atoms with van der Waals surface area (Å²) in [6.45, 7) is 10.5. The molecule has 0 amide bonds. The zero-order valence-electron chi connectivity index (χ0n) is 20.8. The SMILES string of the molecule is C=C(/C=C\N=C/C/C=C\Nc1ccc(CCC(=N)OC#CC)cc1)c1csc(CN2CCOCC2)c1. The lowest BCUT2D eigenvalue weighted by atomic mass is 10.1. The van der Waals surface area contributed by atoms with Gasteiger partial charge in [-0.05, 0) is 59.0 Å². The van der Waals surface area contributed by atoms with Crippen LogP contribution < -0.4 is 5.32 Å². The van der Waals surface area contributed by atoms with Crippen molar-refractivity contribution in [2.75, 3.05) is 31.6 Å². The second-order valence-electron chi connectivity index (χ2n) is 8.22. The van der Waals surface area contributed by atoms with Crippen molar-refractivity contribution in [3.63, 3.8) is 0 Å². The van der Waals surface area contributed by atoms with Gasteiger partial charge in [0.2, 0.25) is 0 Å². The number of aliphatic imine (C=N–C) groups is 1. The standard InChI is InChI=1S/C29H34N4O2S/c1-3-18-35-29(30)11-8-25-6-9-27(10-7-25)32-14-5-4-13-31-15-12-24(2)26-21-28(36-23-26)22-33-16-19-34-20-17-33/h5-7,9-10,12-15,21,23,30,32H,2,4,8,11,16-17,19-20,22H2,1H3/b14-5-,15-12-,30-29?,31-13-. The molecule has 36 heavy (non-hydrogen) atoms. The summed E-state index contributed by atoms with van der Waals surface area (Å²) < 4.78 is 10.4. The number of morpholine rings is 1. The van der Waals surface area contributed by atoms with Gasteiger partial charge in [-0.1, -0.05) is 30.7 Å². The summed E-state index contributed by atoms with van der Waals surface area (Å²) >= 11 is 1.78. The van der Waals surface area contributed by atoms with Crippen LogP contribution in [0.25, 0.3) is 5.57 Å². The van der Waals surface area contributed by atoms with Gasteiger partial charge in [0.1, 0.15) is 6.11 Å². The zero-order chi connectivity index (χ0) is 25.4. The van der Waals surface area contributed by atoms with Crippen LogP contribution in [-0.2, 0) is 22.4 Å². The molecule has 2 aromatic rings. The first-order valence-electron chi connectivity index (χ1n) is 12.1. The van der Waals surface area contributed by atoms with Crippen molar-refractivity contribution in [1.82, 2.24) is 4.90 Å². The lowest BCUT2D eigenvalue weighted by Gasteiger charge is -2.25. The first-order chi connectivity index (χ1) is 17.6. The van der Waals surface area contributed by atoms with Gasteiger partial charge in [-0.2, -0.15) is 0 Å². The number of ether oxygens (including phenoxy) is 2. The normalized spacial score (nSPS) is 14.2. The minimum Gasteiger partial charge on any atom is -0.393 e. The number of aryl methyl sites for hydroxylation is 1. The fourth-order valence-corrected chi connectivity index (χ4v) is 4.39. The van der Waals surface area contributed by atoms with Crippen LogP contribution in [0.5, 0.6) is 0 Å². The minimum absolute atomic E-state index is 0.190. The van der Waals surface area contributed by atoms with E-state index in [1.165, 1.54) is 4.88 Å². The Balaban J connectivity index is 1.32. The number of benzene rings is 1. The topological polar surface area (TPSA) is 69.9 Å². The van der Waals surface area contributed by atoms with Crippen LogP contribution in [-0.4, -0.2) is 43.3 Å². The minimum atomic E-state index is 0.190. The van der Waals surface area contributed by atoms with Gasteiger partial charge < -0.3 is 14.8 Å². The Labute approximate surface area is 218 Å². The maximum Gasteiger partial charge on any atom is 0.199 e. The van der Waals surface area contributed by atoms with E-state index in [9.17, 15) is 0 Å². The molecular formula is C29H34N4O2S. The molecule has 1 aliphatic heterocycles. The summed E-state index contributed by atoms with van der Waals surface area (Å²) in [4.78, 5) is 8.12. The molecule has 3 rings (SSSR count). The predicted molar refractivity (Wildman–Crippen MR) is 151 cm³/mol. The average molecular weight is 503 g/mol. The first kappa shape index (κ1) is 27.2. The monoisotopic (exact) mass is 502 g/mol. The smallest absolute Gasteiger partial charge is 0.199 e. The molecule has 188 valence electrons. The molecule has 0 aliphatic carbocycles. The van der Waals surface area contributed by atoms with Crippen molar-refractivity contribution >= 4 is 34.7 Å². The van der Waals surface area contributed by atoms with E-state index in [0.717, 1.165) is 68.1 Å². The van der Waals surface area contributed by atoms with Crippen LogP contribution in [0, 0.1) is 17.4 Å². The summed E-state index contributed by atoms with van der Waals surface area (Å²) in [7, 11) is 0. The van der Waals surface area contributed by atoms with Gasteiger partial charge in [0.05, 0.1) is 13.2 Å². The molecule has 1 aliphatic rings. The van der Waals surface area contributed by atoms with Gasteiger partial charge in [0.25, 0.3) is 0 Å². The molecule has 0 unspecified atom stereocenters. The van der Waals surface area contributed by atoms with E-state index in [4.69, 9.17) is 14.9 Å².